The Bertz CT molecular complexity index is 389. The van der Waals surface area contributed by atoms with Gasteiger partial charge in [0.2, 0.25) is 0 Å². The molecule has 0 saturated heterocycles. The number of rotatable bonds is 5. The predicted molar refractivity (Wildman–Crippen MR) is 65.4 cm³/mol. The topological polar surface area (TPSA) is 12.0 Å². The van der Waals surface area contributed by atoms with Crippen LogP contribution in [0.5, 0.6) is 0 Å². The van der Waals surface area contributed by atoms with Gasteiger partial charge >= 0.3 is 0 Å². The molecule has 2 unspecified atom stereocenters. The van der Waals surface area contributed by atoms with Gasteiger partial charge < -0.3 is 0 Å². The Morgan fingerprint density at radius 3 is 2.41 bits per heavy atom. The third-order valence-corrected chi connectivity index (χ3v) is 2.66. The second-order valence-electron chi connectivity index (χ2n) is 4.03. The van der Waals surface area contributed by atoms with Gasteiger partial charge in [0.25, 0.3) is 0 Å². The van der Waals surface area contributed by atoms with E-state index in [-0.39, 0.29) is 11.6 Å². The summed E-state index contributed by atoms with van der Waals surface area (Å²) < 4.78 is 27.0. The van der Waals surface area contributed by atoms with E-state index in [0.29, 0.717) is 0 Å². The van der Waals surface area contributed by atoms with Gasteiger partial charge in [0.1, 0.15) is 11.6 Å². The molecule has 0 aliphatic heterocycles. The molecule has 1 nitrogen and oxygen atoms in total. The fraction of sp³-hybridized carbons (Fsp3) is 0.429. The van der Waals surface area contributed by atoms with Gasteiger partial charge in [0.05, 0.1) is 6.04 Å². The molecule has 92 valence electrons. The lowest BCUT2D eigenvalue weighted by Gasteiger charge is -2.20. The van der Waals surface area contributed by atoms with Crippen LogP contribution in [0.3, 0.4) is 0 Å². The molecule has 0 aliphatic rings. The van der Waals surface area contributed by atoms with Gasteiger partial charge in [-0.2, -0.15) is 0 Å². The number of nitrogens with one attached hydrogen (secondary N) is 1. The summed E-state index contributed by atoms with van der Waals surface area (Å²) in [5, 5.41) is 3.05. The van der Waals surface area contributed by atoms with Crippen molar-refractivity contribution >= 4 is 0 Å². The van der Waals surface area contributed by atoms with E-state index in [1.165, 1.54) is 18.2 Å². The number of halogens is 2. The summed E-state index contributed by atoms with van der Waals surface area (Å²) in [5.74, 6) is 1.50. The lowest BCUT2D eigenvalue weighted by Crippen LogP contribution is -2.31. The van der Waals surface area contributed by atoms with Crippen LogP contribution in [0.15, 0.2) is 18.2 Å². The Morgan fingerprint density at radius 1 is 1.35 bits per heavy atom. The van der Waals surface area contributed by atoms with Crippen molar-refractivity contribution in [1.29, 1.82) is 0 Å². The van der Waals surface area contributed by atoms with Crippen LogP contribution in [-0.4, -0.2) is 6.04 Å². The predicted octanol–water partition coefficient (Wildman–Crippen LogP) is 3.42. The smallest absolute Gasteiger partial charge is 0.130 e. The van der Waals surface area contributed by atoms with E-state index in [4.69, 9.17) is 6.42 Å². The highest BCUT2D eigenvalue weighted by Crippen LogP contribution is 2.21. The van der Waals surface area contributed by atoms with Crippen LogP contribution in [0.4, 0.5) is 8.78 Å². The lowest BCUT2D eigenvalue weighted by atomic mass is 10.0. The Hall–Kier alpha value is -1.40. The van der Waals surface area contributed by atoms with Crippen molar-refractivity contribution in [2.45, 2.75) is 38.8 Å². The average molecular weight is 237 g/mol. The molecule has 0 saturated carbocycles. The van der Waals surface area contributed by atoms with Gasteiger partial charge in [0.15, 0.2) is 0 Å². The molecule has 0 aromatic heterocycles. The first-order chi connectivity index (χ1) is 8.10. The molecule has 1 aromatic rings. The van der Waals surface area contributed by atoms with Crippen molar-refractivity contribution in [3.8, 4) is 12.3 Å². The van der Waals surface area contributed by atoms with Crippen LogP contribution in [0.25, 0.3) is 0 Å². The number of terminal acetylenes is 1. The van der Waals surface area contributed by atoms with Crippen molar-refractivity contribution < 1.29 is 8.78 Å². The minimum atomic E-state index is -0.544. The second-order valence-corrected chi connectivity index (χ2v) is 4.03. The molecule has 1 N–H and O–H groups in total. The van der Waals surface area contributed by atoms with Crippen molar-refractivity contribution in [1.82, 2.24) is 5.32 Å². The van der Waals surface area contributed by atoms with Gasteiger partial charge in [0, 0.05) is 11.6 Å². The van der Waals surface area contributed by atoms with Gasteiger partial charge in [-0.05, 0) is 25.5 Å². The third-order valence-electron chi connectivity index (χ3n) is 2.66. The largest absolute Gasteiger partial charge is 0.297 e. The first-order valence-electron chi connectivity index (χ1n) is 5.76. The Morgan fingerprint density at radius 2 is 1.94 bits per heavy atom. The van der Waals surface area contributed by atoms with E-state index in [1.54, 1.807) is 6.92 Å². The third kappa shape index (κ3) is 3.54. The summed E-state index contributed by atoms with van der Waals surface area (Å²) in [4.78, 5) is 0. The molecule has 0 heterocycles. The van der Waals surface area contributed by atoms with E-state index < -0.39 is 17.7 Å². The van der Waals surface area contributed by atoms with Crippen LogP contribution in [0.2, 0.25) is 0 Å². The molecule has 0 bridgehead atoms. The highest BCUT2D eigenvalue weighted by molar-refractivity contribution is 5.23. The first kappa shape index (κ1) is 13.7. The molecular weight excluding hydrogens is 220 g/mol. The lowest BCUT2D eigenvalue weighted by molar-refractivity contribution is 0.453. The number of hydrogen-bond acceptors (Lipinski definition) is 1. The average Bonchev–Trinajstić information content (AvgIpc) is 2.28. The molecule has 0 amide bonds. The maximum atomic E-state index is 13.5. The summed E-state index contributed by atoms with van der Waals surface area (Å²) in [7, 11) is 0. The van der Waals surface area contributed by atoms with Crippen LogP contribution in [0, 0.1) is 24.0 Å². The minimum absolute atomic E-state index is 0.0452. The Kier molecular flexibility index (Phi) is 5.11. The van der Waals surface area contributed by atoms with Gasteiger partial charge in [-0.1, -0.05) is 25.3 Å². The van der Waals surface area contributed by atoms with Crippen molar-refractivity contribution in [2.75, 3.05) is 0 Å². The normalized spacial score (nSPS) is 14.1. The summed E-state index contributed by atoms with van der Waals surface area (Å²) >= 11 is 0. The van der Waals surface area contributed by atoms with Crippen molar-refractivity contribution in [3.05, 3.63) is 35.4 Å². The van der Waals surface area contributed by atoms with Crippen LogP contribution in [-0.2, 0) is 0 Å². The zero-order valence-electron chi connectivity index (χ0n) is 10.1. The maximum Gasteiger partial charge on any atom is 0.130 e. The summed E-state index contributed by atoms with van der Waals surface area (Å²) in [5.41, 5.74) is 0.0452. The molecule has 3 heteroatoms. The fourth-order valence-electron chi connectivity index (χ4n) is 1.81. The van der Waals surface area contributed by atoms with Crippen LogP contribution < -0.4 is 5.32 Å². The van der Waals surface area contributed by atoms with Gasteiger partial charge in [-0.25, -0.2) is 8.78 Å². The fourth-order valence-corrected chi connectivity index (χ4v) is 1.81. The quantitative estimate of drug-likeness (QED) is 0.774. The minimum Gasteiger partial charge on any atom is -0.297 e. The summed E-state index contributed by atoms with van der Waals surface area (Å²) in [6, 6.07) is 3.26. The number of hydrogen-bond donors (Lipinski definition) is 1. The van der Waals surface area contributed by atoms with Gasteiger partial charge in [-0.3, -0.25) is 5.32 Å². The molecule has 1 rings (SSSR count). The van der Waals surface area contributed by atoms with E-state index in [1.807, 2.05) is 6.92 Å². The van der Waals surface area contributed by atoms with Crippen LogP contribution in [0.1, 0.15) is 38.3 Å². The van der Waals surface area contributed by atoms with Crippen molar-refractivity contribution in [3.63, 3.8) is 0 Å². The Labute approximate surface area is 101 Å². The van der Waals surface area contributed by atoms with E-state index in [0.717, 1.165) is 12.8 Å². The van der Waals surface area contributed by atoms with E-state index in [2.05, 4.69) is 11.2 Å². The molecule has 2 atom stereocenters. The molecule has 0 fully saturated rings. The highest BCUT2D eigenvalue weighted by Gasteiger charge is 2.17. The Balaban J connectivity index is 2.83. The second kappa shape index (κ2) is 6.36. The molecule has 0 spiro atoms. The number of benzene rings is 1. The van der Waals surface area contributed by atoms with Crippen molar-refractivity contribution in [2.24, 2.45) is 0 Å². The SMILES string of the molecule is C#CC(CCC)NC(C)c1c(F)cccc1F. The van der Waals surface area contributed by atoms with Crippen LogP contribution >= 0.6 is 0 Å². The highest BCUT2D eigenvalue weighted by atomic mass is 19.1. The van der Waals surface area contributed by atoms with E-state index in [9.17, 15) is 8.78 Å². The molecule has 1 aromatic carbocycles. The standard InChI is InChI=1S/C14H17F2N/c1-4-7-11(5-2)17-10(3)14-12(15)8-6-9-13(14)16/h2,6,8-11,17H,4,7H2,1,3H3. The zero-order chi connectivity index (χ0) is 12.8. The molecule has 0 radical (unpaired) electrons. The molecule has 17 heavy (non-hydrogen) atoms. The zero-order valence-corrected chi connectivity index (χ0v) is 10.1. The van der Waals surface area contributed by atoms with E-state index >= 15 is 0 Å². The monoisotopic (exact) mass is 237 g/mol. The summed E-state index contributed by atoms with van der Waals surface area (Å²) in [6.07, 6.45) is 7.07. The summed E-state index contributed by atoms with van der Waals surface area (Å²) in [6.45, 7) is 3.72. The van der Waals surface area contributed by atoms with Gasteiger partial charge in [-0.15, -0.1) is 6.42 Å². The maximum absolute atomic E-state index is 13.5. The first-order valence-corrected chi connectivity index (χ1v) is 5.76. The molecule has 0 aliphatic carbocycles. The molecular formula is C14H17F2N.